The number of pyridine rings is 1. The topological polar surface area (TPSA) is 59.3 Å². The lowest BCUT2D eigenvalue weighted by molar-refractivity contribution is 0.167. The highest BCUT2D eigenvalue weighted by molar-refractivity contribution is 5.58. The quantitative estimate of drug-likeness (QED) is 0.554. The number of rotatable bonds is 7. The number of aryl methyl sites for hydroxylation is 3. The fourth-order valence-corrected chi connectivity index (χ4v) is 4.38. The molecule has 32 heavy (non-hydrogen) atoms. The van der Waals surface area contributed by atoms with Gasteiger partial charge in [-0.15, -0.1) is 5.10 Å². The molecule has 3 aromatic rings. The van der Waals surface area contributed by atoms with Crippen molar-refractivity contribution in [3.8, 4) is 23.0 Å². The van der Waals surface area contributed by atoms with Crippen LogP contribution in [0.2, 0.25) is 0 Å². The number of benzene rings is 1. The molecule has 3 heterocycles. The summed E-state index contributed by atoms with van der Waals surface area (Å²) in [6.45, 7) is 10.5. The monoisotopic (exact) mass is 434 g/mol. The Morgan fingerprint density at radius 3 is 2.44 bits per heavy atom. The van der Waals surface area contributed by atoms with Crippen LogP contribution in [0.25, 0.3) is 11.4 Å². The molecule has 1 fully saturated rings. The van der Waals surface area contributed by atoms with Gasteiger partial charge in [-0.2, -0.15) is 0 Å². The Kier molecular flexibility index (Phi) is 6.86. The Hall–Kier alpha value is -2.77. The van der Waals surface area contributed by atoms with Crippen LogP contribution >= 0.6 is 0 Å². The molecule has 1 aliphatic rings. The molecule has 2 aromatic heterocycles. The van der Waals surface area contributed by atoms with Crippen LogP contribution in [0.5, 0.6) is 11.6 Å². The Bertz CT molecular complexity index is 1030. The average Bonchev–Trinajstić information content (AvgIpc) is 3.13. The third-order valence-electron chi connectivity index (χ3n) is 6.01. The Morgan fingerprint density at radius 1 is 1.03 bits per heavy atom. The SMILES string of the molecule is Cc1cc(C)cc(Oc2cccc(-c3c(C)nnn3C3CCN(CCN(C)C)CC3)n2)c1. The third-order valence-corrected chi connectivity index (χ3v) is 6.01. The van der Waals surface area contributed by atoms with E-state index in [2.05, 4.69) is 58.8 Å². The van der Waals surface area contributed by atoms with Crippen LogP contribution in [0.4, 0.5) is 0 Å². The van der Waals surface area contributed by atoms with Crippen molar-refractivity contribution in [3.05, 3.63) is 53.2 Å². The van der Waals surface area contributed by atoms with Crippen LogP contribution < -0.4 is 4.74 Å². The second-order valence-corrected chi connectivity index (χ2v) is 9.13. The lowest BCUT2D eigenvalue weighted by atomic mass is 10.0. The van der Waals surface area contributed by atoms with Gasteiger partial charge in [0.05, 0.1) is 17.4 Å². The largest absolute Gasteiger partial charge is 0.439 e. The molecule has 7 nitrogen and oxygen atoms in total. The molecule has 0 N–H and O–H groups in total. The van der Waals surface area contributed by atoms with E-state index in [0.29, 0.717) is 11.9 Å². The van der Waals surface area contributed by atoms with Gasteiger partial charge in [0.25, 0.3) is 0 Å². The maximum absolute atomic E-state index is 6.09. The van der Waals surface area contributed by atoms with Crippen LogP contribution in [0.15, 0.2) is 36.4 Å². The minimum atomic E-state index is 0.340. The maximum Gasteiger partial charge on any atom is 0.219 e. The second-order valence-electron chi connectivity index (χ2n) is 9.13. The van der Waals surface area contributed by atoms with Gasteiger partial charge in [0, 0.05) is 32.2 Å². The summed E-state index contributed by atoms with van der Waals surface area (Å²) in [6, 6.07) is 12.4. The van der Waals surface area contributed by atoms with E-state index in [4.69, 9.17) is 9.72 Å². The van der Waals surface area contributed by atoms with Gasteiger partial charge in [0.2, 0.25) is 5.88 Å². The third kappa shape index (κ3) is 5.34. The molecule has 0 radical (unpaired) electrons. The molecule has 1 aromatic carbocycles. The molecule has 0 aliphatic carbocycles. The molecule has 4 rings (SSSR count). The molecule has 1 saturated heterocycles. The summed E-state index contributed by atoms with van der Waals surface area (Å²) in [4.78, 5) is 9.59. The first-order valence-electron chi connectivity index (χ1n) is 11.4. The molecule has 0 unspecified atom stereocenters. The summed E-state index contributed by atoms with van der Waals surface area (Å²) >= 11 is 0. The molecular weight excluding hydrogens is 400 g/mol. The number of nitrogens with zero attached hydrogens (tertiary/aromatic N) is 6. The summed E-state index contributed by atoms with van der Waals surface area (Å²) in [5.74, 6) is 1.39. The molecule has 0 amide bonds. The van der Waals surface area contributed by atoms with E-state index in [1.807, 2.05) is 37.3 Å². The predicted molar refractivity (Wildman–Crippen MR) is 127 cm³/mol. The van der Waals surface area contributed by atoms with Crippen molar-refractivity contribution in [1.29, 1.82) is 0 Å². The highest BCUT2D eigenvalue weighted by Gasteiger charge is 2.25. The van der Waals surface area contributed by atoms with Gasteiger partial charge < -0.3 is 14.5 Å². The molecule has 0 bridgehead atoms. The van der Waals surface area contributed by atoms with Crippen molar-refractivity contribution < 1.29 is 4.74 Å². The van der Waals surface area contributed by atoms with E-state index in [9.17, 15) is 0 Å². The number of hydrogen-bond donors (Lipinski definition) is 0. The van der Waals surface area contributed by atoms with Gasteiger partial charge in [-0.05, 0) is 77.0 Å². The van der Waals surface area contributed by atoms with Gasteiger partial charge in [0.1, 0.15) is 11.4 Å². The maximum atomic E-state index is 6.09. The Morgan fingerprint density at radius 2 is 1.75 bits per heavy atom. The highest BCUT2D eigenvalue weighted by atomic mass is 16.5. The predicted octanol–water partition coefficient (Wildman–Crippen LogP) is 4.26. The number of hydrogen-bond acceptors (Lipinski definition) is 6. The summed E-state index contributed by atoms with van der Waals surface area (Å²) in [5, 5.41) is 8.91. The Labute approximate surface area is 191 Å². The first-order chi connectivity index (χ1) is 15.4. The molecule has 170 valence electrons. The van der Waals surface area contributed by atoms with Crippen LogP contribution in [-0.2, 0) is 0 Å². The molecule has 7 heteroatoms. The zero-order chi connectivity index (χ0) is 22.7. The number of aromatic nitrogens is 4. The zero-order valence-electron chi connectivity index (χ0n) is 19.9. The van der Waals surface area contributed by atoms with E-state index >= 15 is 0 Å². The first-order valence-corrected chi connectivity index (χ1v) is 11.4. The van der Waals surface area contributed by atoms with E-state index < -0.39 is 0 Å². The van der Waals surface area contributed by atoms with Crippen molar-refractivity contribution in [2.45, 2.75) is 39.7 Å². The number of likely N-dealkylation sites (N-methyl/N-ethyl adjacent to an activating group) is 1. The standard InChI is InChI=1S/C25H34N6O/c1-18-15-19(2)17-22(16-18)32-24-8-6-7-23(26-24)25-20(3)27-28-31(25)21-9-11-30(12-10-21)14-13-29(4)5/h6-8,15-17,21H,9-14H2,1-5H3. The van der Waals surface area contributed by atoms with E-state index in [1.54, 1.807) is 0 Å². The number of piperidine rings is 1. The van der Waals surface area contributed by atoms with Crippen LogP contribution in [0.1, 0.15) is 35.7 Å². The number of likely N-dealkylation sites (tertiary alicyclic amines) is 1. The minimum Gasteiger partial charge on any atom is -0.439 e. The number of ether oxygens (including phenoxy) is 1. The van der Waals surface area contributed by atoms with Crippen LogP contribution in [-0.4, -0.2) is 70.1 Å². The molecular formula is C25H34N6O. The highest BCUT2D eigenvalue weighted by Crippen LogP contribution is 2.31. The van der Waals surface area contributed by atoms with Gasteiger partial charge >= 0.3 is 0 Å². The Balaban J connectivity index is 1.52. The smallest absolute Gasteiger partial charge is 0.219 e. The molecule has 0 saturated carbocycles. The fourth-order valence-electron chi connectivity index (χ4n) is 4.38. The lowest BCUT2D eigenvalue weighted by Gasteiger charge is -2.33. The van der Waals surface area contributed by atoms with Crippen LogP contribution in [0.3, 0.4) is 0 Å². The summed E-state index contributed by atoms with van der Waals surface area (Å²) in [6.07, 6.45) is 2.14. The van der Waals surface area contributed by atoms with Gasteiger partial charge in [-0.1, -0.05) is 17.3 Å². The van der Waals surface area contributed by atoms with Crippen molar-refractivity contribution in [1.82, 2.24) is 29.8 Å². The second kappa shape index (κ2) is 9.79. The van der Waals surface area contributed by atoms with Crippen molar-refractivity contribution in [3.63, 3.8) is 0 Å². The van der Waals surface area contributed by atoms with E-state index in [0.717, 1.165) is 61.9 Å². The minimum absolute atomic E-state index is 0.340. The zero-order valence-corrected chi connectivity index (χ0v) is 19.9. The molecule has 0 atom stereocenters. The van der Waals surface area contributed by atoms with Crippen LogP contribution in [0, 0.1) is 20.8 Å². The lowest BCUT2D eigenvalue weighted by Crippen LogP contribution is -2.38. The summed E-state index contributed by atoms with van der Waals surface area (Å²) in [7, 11) is 4.25. The molecule has 0 spiro atoms. The summed E-state index contributed by atoms with van der Waals surface area (Å²) in [5.41, 5.74) is 5.08. The first kappa shape index (κ1) is 22.4. The van der Waals surface area contributed by atoms with Crippen molar-refractivity contribution >= 4 is 0 Å². The normalized spacial score (nSPS) is 15.4. The summed E-state index contributed by atoms with van der Waals surface area (Å²) < 4.78 is 8.18. The van der Waals surface area contributed by atoms with Gasteiger partial charge in [-0.25, -0.2) is 9.67 Å². The van der Waals surface area contributed by atoms with Crippen molar-refractivity contribution in [2.75, 3.05) is 40.3 Å². The van der Waals surface area contributed by atoms with Gasteiger partial charge in [0.15, 0.2) is 0 Å². The van der Waals surface area contributed by atoms with E-state index in [1.165, 1.54) is 11.1 Å². The van der Waals surface area contributed by atoms with E-state index in [-0.39, 0.29) is 0 Å². The van der Waals surface area contributed by atoms with Crippen molar-refractivity contribution in [2.24, 2.45) is 0 Å². The van der Waals surface area contributed by atoms with Gasteiger partial charge in [-0.3, -0.25) is 0 Å². The fraction of sp³-hybridized carbons (Fsp3) is 0.480. The average molecular weight is 435 g/mol. The molecule has 1 aliphatic heterocycles.